The molecule has 9 nitrogen and oxygen atoms in total. The molecule has 5 rings (SSSR count). The predicted molar refractivity (Wildman–Crippen MR) is 136 cm³/mol. The van der Waals surface area contributed by atoms with Crippen molar-refractivity contribution in [3.63, 3.8) is 0 Å². The van der Waals surface area contributed by atoms with Crippen LogP contribution in [0, 0.1) is 11.8 Å². The second-order valence-corrected chi connectivity index (χ2v) is 10.9. The average molecular weight is 496 g/mol. The Balaban J connectivity index is 1.17. The smallest absolute Gasteiger partial charge is 0.329 e. The van der Waals surface area contributed by atoms with Crippen molar-refractivity contribution in [2.45, 2.75) is 64.0 Å². The number of carbonyl (C=O) groups is 3. The number of imidazole rings is 1. The van der Waals surface area contributed by atoms with E-state index in [1.807, 2.05) is 11.0 Å². The Labute approximate surface area is 211 Å². The van der Waals surface area contributed by atoms with Crippen molar-refractivity contribution in [1.29, 1.82) is 0 Å². The number of fused-ring (bicyclic) bond motifs is 1. The monoisotopic (exact) mass is 495 g/mol. The van der Waals surface area contributed by atoms with Crippen molar-refractivity contribution in [3.8, 4) is 0 Å². The number of aromatic nitrogens is 2. The third kappa shape index (κ3) is 5.12. The third-order valence-electron chi connectivity index (χ3n) is 8.57. The van der Waals surface area contributed by atoms with Crippen LogP contribution < -0.4 is 11.0 Å². The van der Waals surface area contributed by atoms with Crippen LogP contribution in [0.15, 0.2) is 23.0 Å². The summed E-state index contributed by atoms with van der Waals surface area (Å²) in [5, 5.41) is 2.36. The minimum absolute atomic E-state index is 0.228. The van der Waals surface area contributed by atoms with Crippen molar-refractivity contribution < 1.29 is 14.4 Å². The molecule has 9 heteroatoms. The van der Waals surface area contributed by atoms with Gasteiger partial charge in [0, 0.05) is 33.1 Å². The number of amides is 3. The fraction of sp³-hybridized carbons (Fsp3) is 0.630. The van der Waals surface area contributed by atoms with Gasteiger partial charge in [0.1, 0.15) is 6.04 Å². The molecule has 1 atom stereocenters. The zero-order valence-corrected chi connectivity index (χ0v) is 21.2. The normalized spacial score (nSPS) is 22.8. The molecule has 1 aromatic heterocycles. The van der Waals surface area contributed by atoms with E-state index in [9.17, 15) is 19.2 Å². The maximum absolute atomic E-state index is 13.0. The number of likely N-dealkylation sites (tertiary alicyclic amines) is 2. The maximum atomic E-state index is 13.0. The molecule has 0 aliphatic carbocycles. The summed E-state index contributed by atoms with van der Waals surface area (Å²) in [6.45, 7) is 4.86. The second-order valence-electron chi connectivity index (χ2n) is 10.9. The summed E-state index contributed by atoms with van der Waals surface area (Å²) >= 11 is 0. The van der Waals surface area contributed by atoms with Gasteiger partial charge >= 0.3 is 5.69 Å². The summed E-state index contributed by atoms with van der Waals surface area (Å²) in [6.07, 6.45) is 8.89. The molecule has 3 aliphatic rings. The number of nitrogens with one attached hydrogen (secondary N) is 1. The van der Waals surface area contributed by atoms with Gasteiger partial charge in [0.2, 0.25) is 18.2 Å². The van der Waals surface area contributed by atoms with E-state index in [0.717, 1.165) is 74.8 Å². The number of aryl methyl sites for hydroxylation is 1. The lowest BCUT2D eigenvalue weighted by atomic mass is 9.85. The molecule has 194 valence electrons. The van der Waals surface area contributed by atoms with E-state index < -0.39 is 11.9 Å². The lowest BCUT2D eigenvalue weighted by Crippen LogP contribution is -2.44. The Bertz CT molecular complexity index is 1180. The van der Waals surface area contributed by atoms with Crippen molar-refractivity contribution in [2.24, 2.45) is 18.9 Å². The van der Waals surface area contributed by atoms with E-state index in [2.05, 4.69) is 22.3 Å². The number of nitrogens with zero attached hydrogens (tertiary/aromatic N) is 4. The molecule has 36 heavy (non-hydrogen) atoms. The fourth-order valence-corrected chi connectivity index (χ4v) is 6.25. The van der Waals surface area contributed by atoms with Crippen LogP contribution in [-0.4, -0.2) is 63.3 Å². The van der Waals surface area contributed by atoms with E-state index in [4.69, 9.17) is 0 Å². The van der Waals surface area contributed by atoms with E-state index in [0.29, 0.717) is 6.42 Å². The molecule has 0 bridgehead atoms. The average Bonchev–Trinajstić information content (AvgIpc) is 3.13. The van der Waals surface area contributed by atoms with Crippen LogP contribution in [0.25, 0.3) is 11.0 Å². The molecule has 0 spiro atoms. The Morgan fingerprint density at radius 2 is 1.58 bits per heavy atom. The SMILES string of the molecule is Cn1c(=O)n(C2CCC(=O)NC2=O)c2ccc(CN3CCC(CCC4CCN(C=O)CC4)CC3)cc21. The van der Waals surface area contributed by atoms with E-state index in [1.54, 1.807) is 11.6 Å². The van der Waals surface area contributed by atoms with E-state index >= 15 is 0 Å². The van der Waals surface area contributed by atoms with Crippen LogP contribution in [0.1, 0.15) is 63.0 Å². The van der Waals surface area contributed by atoms with E-state index in [-0.39, 0.29) is 18.0 Å². The van der Waals surface area contributed by atoms with Gasteiger partial charge in [-0.05, 0) is 74.7 Å². The highest BCUT2D eigenvalue weighted by Crippen LogP contribution is 2.29. The predicted octanol–water partition coefficient (Wildman–Crippen LogP) is 2.18. The van der Waals surface area contributed by atoms with Crippen LogP contribution in [0.2, 0.25) is 0 Å². The lowest BCUT2D eigenvalue weighted by Gasteiger charge is -2.34. The molecule has 1 aromatic carbocycles. The third-order valence-corrected chi connectivity index (χ3v) is 8.57. The Kier molecular flexibility index (Phi) is 7.27. The molecule has 3 fully saturated rings. The Morgan fingerprint density at radius 1 is 0.917 bits per heavy atom. The Hall–Kier alpha value is -2.94. The summed E-state index contributed by atoms with van der Waals surface area (Å²) in [7, 11) is 1.74. The minimum Gasteiger partial charge on any atom is -0.345 e. The highest BCUT2D eigenvalue weighted by atomic mass is 16.2. The van der Waals surface area contributed by atoms with Gasteiger partial charge < -0.3 is 4.90 Å². The summed E-state index contributed by atoms with van der Waals surface area (Å²) < 4.78 is 3.14. The van der Waals surface area contributed by atoms with Gasteiger partial charge in [0.25, 0.3) is 0 Å². The van der Waals surface area contributed by atoms with Gasteiger partial charge in [-0.15, -0.1) is 0 Å². The molecular weight excluding hydrogens is 458 g/mol. The summed E-state index contributed by atoms with van der Waals surface area (Å²) in [5.41, 5.74) is 2.49. The zero-order chi connectivity index (χ0) is 25.2. The maximum Gasteiger partial charge on any atom is 0.329 e. The Morgan fingerprint density at radius 3 is 2.22 bits per heavy atom. The highest BCUT2D eigenvalue weighted by molar-refractivity contribution is 6.00. The molecule has 1 unspecified atom stereocenters. The van der Waals surface area contributed by atoms with Crippen LogP contribution in [0.4, 0.5) is 0 Å². The highest BCUT2D eigenvalue weighted by Gasteiger charge is 2.31. The van der Waals surface area contributed by atoms with Crippen LogP contribution in [0.5, 0.6) is 0 Å². The van der Waals surface area contributed by atoms with Gasteiger partial charge in [0.05, 0.1) is 11.0 Å². The van der Waals surface area contributed by atoms with E-state index in [1.165, 1.54) is 35.8 Å². The number of imide groups is 1. The van der Waals surface area contributed by atoms with Crippen molar-refractivity contribution in [1.82, 2.24) is 24.3 Å². The number of benzene rings is 1. The van der Waals surface area contributed by atoms with Gasteiger partial charge in [-0.25, -0.2) is 4.79 Å². The first kappa shape index (κ1) is 24.7. The molecule has 1 N–H and O–H groups in total. The van der Waals surface area contributed by atoms with Gasteiger partial charge in [-0.2, -0.15) is 0 Å². The summed E-state index contributed by atoms with van der Waals surface area (Å²) in [4.78, 5) is 52.2. The molecule has 3 saturated heterocycles. The number of piperidine rings is 3. The summed E-state index contributed by atoms with van der Waals surface area (Å²) in [5.74, 6) is 0.871. The first-order valence-electron chi connectivity index (χ1n) is 13.4. The molecule has 4 heterocycles. The molecule has 0 saturated carbocycles. The lowest BCUT2D eigenvalue weighted by molar-refractivity contribution is -0.135. The van der Waals surface area contributed by atoms with Crippen molar-refractivity contribution in [2.75, 3.05) is 26.2 Å². The molecule has 3 aliphatic heterocycles. The van der Waals surface area contributed by atoms with Gasteiger partial charge in [-0.1, -0.05) is 18.9 Å². The van der Waals surface area contributed by atoms with Crippen LogP contribution in [-0.2, 0) is 28.0 Å². The number of carbonyl (C=O) groups excluding carboxylic acids is 3. The fourth-order valence-electron chi connectivity index (χ4n) is 6.25. The van der Waals surface area contributed by atoms with Crippen molar-refractivity contribution in [3.05, 3.63) is 34.2 Å². The topological polar surface area (TPSA) is 96.6 Å². The molecule has 2 aromatic rings. The van der Waals surface area contributed by atoms with Crippen LogP contribution >= 0.6 is 0 Å². The van der Waals surface area contributed by atoms with Crippen molar-refractivity contribution >= 4 is 29.3 Å². The zero-order valence-electron chi connectivity index (χ0n) is 21.2. The molecule has 0 radical (unpaired) electrons. The van der Waals surface area contributed by atoms with Gasteiger partial charge in [0.15, 0.2) is 0 Å². The first-order valence-corrected chi connectivity index (χ1v) is 13.4. The minimum atomic E-state index is -0.652. The summed E-state index contributed by atoms with van der Waals surface area (Å²) in [6, 6.07) is 5.42. The number of hydrogen-bond acceptors (Lipinski definition) is 5. The molecular formula is C27H37N5O4. The van der Waals surface area contributed by atoms with Crippen LogP contribution in [0.3, 0.4) is 0 Å². The standard InChI is InChI=1S/C27H37N5O4/c1-29-24-16-21(4-5-22(24)32(27(29)36)23-6-7-25(34)28-26(23)35)17-30-12-8-19(9-13-30)2-3-20-10-14-31(18-33)15-11-20/h4-5,16,18-20,23H,2-3,6-15,17H2,1H3,(H,28,34,35). The molecule has 3 amide bonds. The second kappa shape index (κ2) is 10.6. The quantitative estimate of drug-likeness (QED) is 0.469. The van der Waals surface area contributed by atoms with Gasteiger partial charge in [-0.3, -0.25) is 33.7 Å². The number of hydrogen-bond donors (Lipinski definition) is 1. The number of rotatable bonds is 7. The largest absolute Gasteiger partial charge is 0.345 e. The first-order chi connectivity index (χ1) is 17.4.